The zero-order chi connectivity index (χ0) is 13.9. The van der Waals surface area contributed by atoms with Crippen LogP contribution in [0.15, 0.2) is 24.3 Å². The van der Waals surface area contributed by atoms with E-state index in [1.807, 2.05) is 0 Å². The number of hydrogen-bond acceptors (Lipinski definition) is 2. The monoisotopic (exact) mass is 273 g/mol. The van der Waals surface area contributed by atoms with Crippen LogP contribution in [0.25, 0.3) is 0 Å². The van der Waals surface area contributed by atoms with E-state index in [2.05, 4.69) is 16.0 Å². The Balaban J connectivity index is 1.90. The van der Waals surface area contributed by atoms with Gasteiger partial charge in [-0.3, -0.25) is 0 Å². The molecule has 104 valence electrons. The van der Waals surface area contributed by atoms with Crippen LogP contribution in [0.3, 0.4) is 0 Å². The smallest absolute Gasteiger partial charge is 0.334 e. The number of anilines is 1. The number of alkyl halides is 3. The van der Waals surface area contributed by atoms with Crippen molar-refractivity contribution in [3.8, 4) is 0 Å². The molecule has 4 nitrogen and oxygen atoms in total. The molecule has 1 saturated heterocycles. The molecule has 1 atom stereocenters. The lowest BCUT2D eigenvalue weighted by molar-refractivity contribution is -0.137. The summed E-state index contributed by atoms with van der Waals surface area (Å²) in [5, 5.41) is 8.34. The molecule has 1 aromatic rings. The van der Waals surface area contributed by atoms with Gasteiger partial charge < -0.3 is 16.0 Å². The van der Waals surface area contributed by atoms with Gasteiger partial charge in [0.2, 0.25) is 0 Å². The fourth-order valence-electron chi connectivity index (χ4n) is 1.87. The van der Waals surface area contributed by atoms with Crippen molar-refractivity contribution in [2.24, 2.45) is 0 Å². The van der Waals surface area contributed by atoms with Crippen molar-refractivity contribution in [1.82, 2.24) is 10.6 Å². The Bertz CT molecular complexity index is 439. The van der Waals surface area contributed by atoms with E-state index in [0.29, 0.717) is 12.2 Å². The first kappa shape index (κ1) is 13.7. The predicted octanol–water partition coefficient (Wildman–Crippen LogP) is 2.19. The van der Waals surface area contributed by atoms with Gasteiger partial charge in [0.05, 0.1) is 5.56 Å². The van der Waals surface area contributed by atoms with Crippen LogP contribution in [0.1, 0.15) is 12.0 Å². The van der Waals surface area contributed by atoms with Crippen molar-refractivity contribution in [3.05, 3.63) is 29.8 Å². The molecule has 0 radical (unpaired) electrons. The fourth-order valence-corrected chi connectivity index (χ4v) is 1.87. The molecule has 7 heteroatoms. The van der Waals surface area contributed by atoms with E-state index >= 15 is 0 Å². The van der Waals surface area contributed by atoms with Gasteiger partial charge in [-0.2, -0.15) is 13.2 Å². The lowest BCUT2D eigenvalue weighted by atomic mass is 10.2. The molecular weight excluding hydrogens is 259 g/mol. The van der Waals surface area contributed by atoms with Gasteiger partial charge in [-0.05, 0) is 37.2 Å². The zero-order valence-corrected chi connectivity index (χ0v) is 10.1. The number of carbonyl (C=O) groups excluding carboxylic acids is 1. The van der Waals surface area contributed by atoms with Crippen molar-refractivity contribution in [1.29, 1.82) is 0 Å². The Hall–Kier alpha value is -1.76. The van der Waals surface area contributed by atoms with Crippen LogP contribution in [0, 0.1) is 0 Å². The average molecular weight is 273 g/mol. The van der Waals surface area contributed by atoms with Crippen LogP contribution in [0.2, 0.25) is 0 Å². The van der Waals surface area contributed by atoms with Gasteiger partial charge in [-0.25, -0.2) is 4.79 Å². The Labute approximate surface area is 108 Å². The van der Waals surface area contributed by atoms with Gasteiger partial charge in [0, 0.05) is 18.3 Å². The second kappa shape index (κ2) is 5.48. The highest BCUT2D eigenvalue weighted by Crippen LogP contribution is 2.29. The van der Waals surface area contributed by atoms with Crippen molar-refractivity contribution >= 4 is 11.7 Å². The Kier molecular flexibility index (Phi) is 3.94. The summed E-state index contributed by atoms with van der Waals surface area (Å²) < 4.78 is 37.0. The van der Waals surface area contributed by atoms with Gasteiger partial charge in [0.1, 0.15) is 0 Å². The minimum atomic E-state index is -4.36. The van der Waals surface area contributed by atoms with Crippen LogP contribution in [0.5, 0.6) is 0 Å². The van der Waals surface area contributed by atoms with Crippen molar-refractivity contribution in [2.45, 2.75) is 18.6 Å². The Morgan fingerprint density at radius 3 is 2.47 bits per heavy atom. The molecule has 1 aliphatic rings. The summed E-state index contributed by atoms with van der Waals surface area (Å²) in [4.78, 5) is 11.6. The lowest BCUT2D eigenvalue weighted by Crippen LogP contribution is -2.39. The number of hydrogen-bond donors (Lipinski definition) is 3. The molecule has 2 amide bonds. The summed E-state index contributed by atoms with van der Waals surface area (Å²) in [7, 11) is 0. The van der Waals surface area contributed by atoms with Crippen molar-refractivity contribution in [3.63, 3.8) is 0 Å². The molecule has 0 saturated carbocycles. The van der Waals surface area contributed by atoms with E-state index < -0.39 is 17.8 Å². The van der Waals surface area contributed by atoms with E-state index in [1.165, 1.54) is 12.1 Å². The van der Waals surface area contributed by atoms with E-state index in [9.17, 15) is 18.0 Å². The van der Waals surface area contributed by atoms with Gasteiger partial charge >= 0.3 is 12.2 Å². The van der Waals surface area contributed by atoms with Crippen LogP contribution >= 0.6 is 0 Å². The average Bonchev–Trinajstić information content (AvgIpc) is 2.81. The SMILES string of the molecule is O=C(Nc1ccc(C(F)(F)F)cc1)N[C@@H]1CCNC1. The zero-order valence-electron chi connectivity index (χ0n) is 10.1. The quantitative estimate of drug-likeness (QED) is 0.773. The minimum absolute atomic E-state index is 0.0643. The van der Waals surface area contributed by atoms with E-state index in [1.54, 1.807) is 0 Å². The van der Waals surface area contributed by atoms with E-state index in [4.69, 9.17) is 0 Å². The van der Waals surface area contributed by atoms with Crippen molar-refractivity contribution < 1.29 is 18.0 Å². The maximum atomic E-state index is 12.3. The topological polar surface area (TPSA) is 53.2 Å². The molecule has 19 heavy (non-hydrogen) atoms. The summed E-state index contributed by atoms with van der Waals surface area (Å²) >= 11 is 0. The molecular formula is C12H14F3N3O. The summed E-state index contributed by atoms with van der Waals surface area (Å²) in [6.07, 6.45) is -3.52. The van der Waals surface area contributed by atoms with Crippen LogP contribution in [-0.2, 0) is 6.18 Å². The highest BCUT2D eigenvalue weighted by Gasteiger charge is 2.30. The van der Waals surface area contributed by atoms with Crippen LogP contribution in [-0.4, -0.2) is 25.2 Å². The third kappa shape index (κ3) is 3.85. The number of rotatable bonds is 2. The molecule has 0 unspecified atom stereocenters. The second-order valence-corrected chi connectivity index (χ2v) is 4.36. The molecule has 0 spiro atoms. The van der Waals surface area contributed by atoms with Crippen LogP contribution in [0.4, 0.5) is 23.7 Å². The summed E-state index contributed by atoms with van der Waals surface area (Å²) in [5.41, 5.74) is -0.407. The normalized spacial score (nSPS) is 19.2. The third-order valence-corrected chi connectivity index (χ3v) is 2.87. The lowest BCUT2D eigenvalue weighted by Gasteiger charge is -2.13. The van der Waals surface area contributed by atoms with Gasteiger partial charge in [-0.15, -0.1) is 0 Å². The summed E-state index contributed by atoms with van der Waals surface area (Å²) in [5.74, 6) is 0. The maximum Gasteiger partial charge on any atom is 0.416 e. The number of nitrogens with one attached hydrogen (secondary N) is 3. The van der Waals surface area contributed by atoms with E-state index in [-0.39, 0.29) is 6.04 Å². The number of urea groups is 1. The summed E-state index contributed by atoms with van der Waals surface area (Å²) in [6.45, 7) is 1.56. The first-order valence-electron chi connectivity index (χ1n) is 5.90. The molecule has 2 rings (SSSR count). The molecule has 1 aliphatic heterocycles. The molecule has 1 heterocycles. The number of benzene rings is 1. The predicted molar refractivity (Wildman–Crippen MR) is 64.9 cm³/mol. The Morgan fingerprint density at radius 2 is 1.95 bits per heavy atom. The molecule has 0 aliphatic carbocycles. The number of carbonyl (C=O) groups is 1. The van der Waals surface area contributed by atoms with Crippen molar-refractivity contribution in [2.75, 3.05) is 18.4 Å². The molecule has 1 aromatic carbocycles. The van der Waals surface area contributed by atoms with Gasteiger partial charge in [-0.1, -0.05) is 0 Å². The first-order chi connectivity index (χ1) is 8.95. The highest BCUT2D eigenvalue weighted by atomic mass is 19.4. The number of amides is 2. The largest absolute Gasteiger partial charge is 0.416 e. The Morgan fingerprint density at radius 1 is 1.26 bits per heavy atom. The second-order valence-electron chi connectivity index (χ2n) is 4.36. The fraction of sp³-hybridized carbons (Fsp3) is 0.417. The molecule has 0 aromatic heterocycles. The summed E-state index contributed by atoms with van der Waals surface area (Å²) in [6, 6.07) is 3.99. The van der Waals surface area contributed by atoms with Gasteiger partial charge in [0.25, 0.3) is 0 Å². The maximum absolute atomic E-state index is 12.3. The highest BCUT2D eigenvalue weighted by molar-refractivity contribution is 5.89. The van der Waals surface area contributed by atoms with Crippen LogP contribution < -0.4 is 16.0 Å². The molecule has 0 bridgehead atoms. The first-order valence-corrected chi connectivity index (χ1v) is 5.90. The number of halogens is 3. The standard InChI is InChI=1S/C12H14F3N3O/c13-12(14,15)8-1-3-9(4-2-8)17-11(19)18-10-5-6-16-7-10/h1-4,10,16H,5-7H2,(H2,17,18,19)/t10-/m1/s1. The molecule has 1 fully saturated rings. The minimum Gasteiger partial charge on any atom is -0.334 e. The van der Waals surface area contributed by atoms with Gasteiger partial charge in [0.15, 0.2) is 0 Å². The third-order valence-electron chi connectivity index (χ3n) is 2.87. The molecule has 3 N–H and O–H groups in total. The van der Waals surface area contributed by atoms with E-state index in [0.717, 1.165) is 25.1 Å².